The third-order valence-electron chi connectivity index (χ3n) is 3.47. The average Bonchev–Trinajstić information content (AvgIpc) is 2.92. The van der Waals surface area contributed by atoms with Crippen LogP contribution in [-0.2, 0) is 4.79 Å². The van der Waals surface area contributed by atoms with Crippen molar-refractivity contribution in [1.82, 2.24) is 4.98 Å². The number of pyridine rings is 1. The van der Waals surface area contributed by atoms with Gasteiger partial charge in [-0.05, 0) is 30.9 Å². The summed E-state index contributed by atoms with van der Waals surface area (Å²) in [5.41, 5.74) is 6.49. The largest absolute Gasteiger partial charge is 0.357 e. The molecule has 5 nitrogen and oxygen atoms in total. The number of hydrogen-bond acceptors (Lipinski definition) is 4. The molecule has 0 bridgehead atoms. The second-order valence-corrected chi connectivity index (χ2v) is 5.36. The van der Waals surface area contributed by atoms with Gasteiger partial charge in [-0.2, -0.15) is 0 Å². The average molecular weight is 299 g/mol. The van der Waals surface area contributed by atoms with Crippen LogP contribution in [0.3, 0.4) is 0 Å². The number of amides is 1. The number of halogens is 1. The van der Waals surface area contributed by atoms with Gasteiger partial charge in [-0.3, -0.25) is 4.79 Å². The molecule has 6 heteroatoms. The Labute approximate surface area is 126 Å². The minimum atomic E-state index is -0.488. The summed E-state index contributed by atoms with van der Waals surface area (Å²) in [6.07, 6.45) is 4.14. The van der Waals surface area contributed by atoms with Crippen molar-refractivity contribution < 1.29 is 4.79 Å². The molecular formula is C14H23ClN4O. The van der Waals surface area contributed by atoms with Gasteiger partial charge < -0.3 is 16.0 Å². The van der Waals surface area contributed by atoms with E-state index in [-0.39, 0.29) is 24.2 Å². The van der Waals surface area contributed by atoms with Gasteiger partial charge in [-0.1, -0.05) is 13.8 Å². The van der Waals surface area contributed by atoms with Crippen LogP contribution in [0.5, 0.6) is 0 Å². The number of nitrogens with one attached hydrogen (secondary N) is 1. The van der Waals surface area contributed by atoms with E-state index in [1.54, 1.807) is 6.20 Å². The Bertz CT molecular complexity index is 429. The molecule has 0 unspecified atom stereocenters. The number of carbonyl (C=O) groups excluding carboxylic acids is 1. The fourth-order valence-electron chi connectivity index (χ4n) is 2.12. The van der Waals surface area contributed by atoms with Gasteiger partial charge in [0.15, 0.2) is 0 Å². The predicted molar refractivity (Wildman–Crippen MR) is 84.4 cm³/mol. The van der Waals surface area contributed by atoms with E-state index in [1.165, 1.54) is 12.8 Å². The van der Waals surface area contributed by atoms with Gasteiger partial charge in [0, 0.05) is 13.1 Å². The molecule has 0 aliphatic carbocycles. The number of nitrogens with two attached hydrogens (primary N) is 1. The van der Waals surface area contributed by atoms with Crippen molar-refractivity contribution in [2.45, 2.75) is 32.7 Å². The molecule has 1 saturated heterocycles. The Morgan fingerprint density at radius 1 is 1.35 bits per heavy atom. The molecule has 0 radical (unpaired) electrons. The highest BCUT2D eigenvalue weighted by Gasteiger charge is 2.18. The van der Waals surface area contributed by atoms with Crippen molar-refractivity contribution in [3.05, 3.63) is 18.3 Å². The molecule has 0 saturated carbocycles. The lowest BCUT2D eigenvalue weighted by molar-refractivity contribution is -0.118. The minimum absolute atomic E-state index is 0. The summed E-state index contributed by atoms with van der Waals surface area (Å²) >= 11 is 0. The Morgan fingerprint density at radius 3 is 2.50 bits per heavy atom. The zero-order valence-corrected chi connectivity index (χ0v) is 12.8. The van der Waals surface area contributed by atoms with Crippen LogP contribution in [0, 0.1) is 5.92 Å². The highest BCUT2D eigenvalue weighted by Crippen LogP contribution is 2.19. The first-order chi connectivity index (χ1) is 9.08. The van der Waals surface area contributed by atoms with Crippen LogP contribution < -0.4 is 16.0 Å². The molecule has 1 aliphatic rings. The molecular weight excluding hydrogens is 276 g/mol. The Hall–Kier alpha value is -1.33. The molecule has 0 aromatic carbocycles. The van der Waals surface area contributed by atoms with Crippen LogP contribution >= 0.6 is 12.4 Å². The second kappa shape index (κ2) is 7.45. The van der Waals surface area contributed by atoms with Crippen LogP contribution in [0.4, 0.5) is 11.5 Å². The van der Waals surface area contributed by atoms with Gasteiger partial charge in [0.1, 0.15) is 5.82 Å². The highest BCUT2D eigenvalue weighted by molar-refractivity contribution is 5.94. The van der Waals surface area contributed by atoms with E-state index < -0.39 is 6.04 Å². The molecule has 1 atom stereocenters. The van der Waals surface area contributed by atoms with Crippen molar-refractivity contribution in [3.8, 4) is 0 Å². The molecule has 0 spiro atoms. The molecule has 2 rings (SSSR count). The Balaban J connectivity index is 0.00000200. The molecule has 1 fully saturated rings. The quantitative estimate of drug-likeness (QED) is 0.892. The first-order valence-electron chi connectivity index (χ1n) is 6.85. The third kappa shape index (κ3) is 4.08. The molecule has 1 aromatic rings. The van der Waals surface area contributed by atoms with Gasteiger partial charge in [-0.25, -0.2) is 4.98 Å². The predicted octanol–water partition coefficient (Wildman–Crippen LogP) is 2.03. The number of nitrogens with zero attached hydrogens (tertiary/aromatic N) is 2. The maximum atomic E-state index is 11.8. The molecule has 2 heterocycles. The van der Waals surface area contributed by atoms with Gasteiger partial charge in [0.05, 0.1) is 17.9 Å². The molecule has 3 N–H and O–H groups in total. The lowest BCUT2D eigenvalue weighted by atomic mass is 10.1. The fourth-order valence-corrected chi connectivity index (χ4v) is 2.12. The smallest absolute Gasteiger partial charge is 0.241 e. The number of hydrogen-bond donors (Lipinski definition) is 2. The zero-order chi connectivity index (χ0) is 13.8. The lowest BCUT2D eigenvalue weighted by Crippen LogP contribution is -2.39. The fraction of sp³-hybridized carbons (Fsp3) is 0.571. The van der Waals surface area contributed by atoms with Crippen molar-refractivity contribution >= 4 is 29.8 Å². The standard InChI is InChI=1S/C14H22N4O.ClH/c1-10(2)13(15)14(19)17-11-5-6-12(16-9-11)18-7-3-4-8-18;/h5-6,9-10,13H,3-4,7-8,15H2,1-2H3,(H,17,19);1H/t13-;/m0./s1. The normalized spacial score (nSPS) is 15.9. The summed E-state index contributed by atoms with van der Waals surface area (Å²) in [7, 11) is 0. The maximum Gasteiger partial charge on any atom is 0.241 e. The van der Waals surface area contributed by atoms with Crippen molar-refractivity contribution in [1.29, 1.82) is 0 Å². The number of rotatable bonds is 4. The van der Waals surface area contributed by atoms with Crippen molar-refractivity contribution in [2.24, 2.45) is 11.7 Å². The number of anilines is 2. The number of aromatic nitrogens is 1. The van der Waals surface area contributed by atoms with E-state index in [4.69, 9.17) is 5.73 Å². The van der Waals surface area contributed by atoms with Crippen LogP contribution in [0.1, 0.15) is 26.7 Å². The highest BCUT2D eigenvalue weighted by atomic mass is 35.5. The van der Waals surface area contributed by atoms with E-state index in [0.29, 0.717) is 5.69 Å². The molecule has 1 aliphatic heterocycles. The van der Waals surface area contributed by atoms with Gasteiger partial charge in [0.2, 0.25) is 5.91 Å². The van der Waals surface area contributed by atoms with E-state index in [0.717, 1.165) is 18.9 Å². The van der Waals surface area contributed by atoms with Crippen molar-refractivity contribution in [2.75, 3.05) is 23.3 Å². The Kier molecular flexibility index (Phi) is 6.23. The third-order valence-corrected chi connectivity index (χ3v) is 3.47. The monoisotopic (exact) mass is 298 g/mol. The van der Waals surface area contributed by atoms with Crippen LogP contribution in [0.25, 0.3) is 0 Å². The summed E-state index contributed by atoms with van der Waals surface area (Å²) in [4.78, 5) is 18.5. The second-order valence-electron chi connectivity index (χ2n) is 5.36. The molecule has 20 heavy (non-hydrogen) atoms. The van der Waals surface area contributed by atoms with Crippen LogP contribution in [-0.4, -0.2) is 30.0 Å². The van der Waals surface area contributed by atoms with E-state index in [9.17, 15) is 4.79 Å². The molecule has 1 aromatic heterocycles. The van der Waals surface area contributed by atoms with E-state index in [1.807, 2.05) is 26.0 Å². The summed E-state index contributed by atoms with van der Waals surface area (Å²) in [6.45, 7) is 5.99. The molecule has 1 amide bonds. The van der Waals surface area contributed by atoms with Gasteiger partial charge >= 0.3 is 0 Å². The lowest BCUT2D eigenvalue weighted by Gasteiger charge is -2.17. The summed E-state index contributed by atoms with van der Waals surface area (Å²) in [6, 6.07) is 3.34. The SMILES string of the molecule is CC(C)[C@H](N)C(=O)Nc1ccc(N2CCCC2)nc1.Cl. The minimum Gasteiger partial charge on any atom is -0.357 e. The molecule has 112 valence electrons. The maximum absolute atomic E-state index is 11.8. The first-order valence-corrected chi connectivity index (χ1v) is 6.85. The van der Waals surface area contributed by atoms with Gasteiger partial charge in [-0.15, -0.1) is 12.4 Å². The Morgan fingerprint density at radius 2 is 2.00 bits per heavy atom. The van der Waals surface area contributed by atoms with E-state index >= 15 is 0 Å². The summed E-state index contributed by atoms with van der Waals surface area (Å²) in [5.74, 6) is 0.936. The zero-order valence-electron chi connectivity index (χ0n) is 12.0. The summed E-state index contributed by atoms with van der Waals surface area (Å²) in [5, 5.41) is 2.80. The topological polar surface area (TPSA) is 71.2 Å². The van der Waals surface area contributed by atoms with E-state index in [2.05, 4.69) is 15.2 Å². The van der Waals surface area contributed by atoms with Crippen LogP contribution in [0.15, 0.2) is 18.3 Å². The first kappa shape index (κ1) is 16.7. The number of carbonyl (C=O) groups is 1. The van der Waals surface area contributed by atoms with Gasteiger partial charge in [0.25, 0.3) is 0 Å². The van der Waals surface area contributed by atoms with Crippen molar-refractivity contribution in [3.63, 3.8) is 0 Å². The summed E-state index contributed by atoms with van der Waals surface area (Å²) < 4.78 is 0. The van der Waals surface area contributed by atoms with Crippen LogP contribution in [0.2, 0.25) is 0 Å².